The summed E-state index contributed by atoms with van der Waals surface area (Å²) in [4.78, 5) is 11.5. The van der Waals surface area contributed by atoms with Gasteiger partial charge in [0.1, 0.15) is 6.61 Å². The Morgan fingerprint density at radius 3 is 2.65 bits per heavy atom. The molecule has 0 heterocycles. The molecule has 0 aromatic heterocycles. The summed E-state index contributed by atoms with van der Waals surface area (Å²) in [7, 11) is -3.32. The largest absolute Gasteiger partial charge is 0.370 e. The number of anilines is 2. The number of carbonyl (C=O) groups excluding carboxylic acids is 1. The number of aryl methyl sites for hydroxylation is 1. The fraction of sp³-hybridized carbons (Fsp3) is 0.417. The van der Waals surface area contributed by atoms with Crippen molar-refractivity contribution < 1.29 is 17.9 Å². The second-order valence-electron chi connectivity index (χ2n) is 4.29. The van der Waals surface area contributed by atoms with Gasteiger partial charge in [0.15, 0.2) is 0 Å². The number of carbonyl (C=O) groups is 1. The Morgan fingerprint density at radius 2 is 2.10 bits per heavy atom. The molecule has 112 valence electrons. The highest BCUT2D eigenvalue weighted by atomic mass is 32.2. The first kappa shape index (κ1) is 16.4. The van der Waals surface area contributed by atoms with Crippen molar-refractivity contribution in [3.05, 3.63) is 23.8 Å². The maximum absolute atomic E-state index is 11.5. The zero-order valence-electron chi connectivity index (χ0n) is 11.5. The van der Waals surface area contributed by atoms with E-state index in [4.69, 9.17) is 10.5 Å². The maximum atomic E-state index is 11.5. The number of hydrogen-bond acceptors (Lipinski definition) is 5. The molecule has 0 atom stereocenters. The Bertz CT molecular complexity index is 572. The average molecular weight is 301 g/mol. The van der Waals surface area contributed by atoms with Crippen LogP contribution in [0.4, 0.5) is 11.4 Å². The first-order chi connectivity index (χ1) is 9.31. The predicted molar refractivity (Wildman–Crippen MR) is 78.1 cm³/mol. The lowest BCUT2D eigenvalue weighted by molar-refractivity contribution is -0.120. The van der Waals surface area contributed by atoms with Crippen molar-refractivity contribution in [1.29, 1.82) is 0 Å². The molecule has 0 aliphatic heterocycles. The third kappa shape index (κ3) is 6.00. The SMILES string of the molecule is Cc1cc(NC(=O)COCCN)ccc1NS(C)(=O)=O. The van der Waals surface area contributed by atoms with E-state index in [9.17, 15) is 13.2 Å². The molecule has 20 heavy (non-hydrogen) atoms. The fourth-order valence-electron chi connectivity index (χ4n) is 1.50. The van der Waals surface area contributed by atoms with Gasteiger partial charge < -0.3 is 15.8 Å². The number of benzene rings is 1. The van der Waals surface area contributed by atoms with E-state index in [0.717, 1.165) is 6.26 Å². The molecule has 0 aliphatic rings. The average Bonchev–Trinajstić information content (AvgIpc) is 2.31. The Labute approximate surface area is 118 Å². The van der Waals surface area contributed by atoms with Gasteiger partial charge in [0, 0.05) is 12.2 Å². The van der Waals surface area contributed by atoms with Crippen molar-refractivity contribution in [3.63, 3.8) is 0 Å². The van der Waals surface area contributed by atoms with E-state index < -0.39 is 10.0 Å². The van der Waals surface area contributed by atoms with Crippen LogP contribution in [0, 0.1) is 6.92 Å². The van der Waals surface area contributed by atoms with Gasteiger partial charge in [0.2, 0.25) is 15.9 Å². The summed E-state index contributed by atoms with van der Waals surface area (Å²) in [5, 5.41) is 2.65. The molecular weight excluding hydrogens is 282 g/mol. The normalized spacial score (nSPS) is 11.2. The summed E-state index contributed by atoms with van der Waals surface area (Å²) < 4.78 is 29.7. The molecule has 7 nitrogen and oxygen atoms in total. The second-order valence-corrected chi connectivity index (χ2v) is 6.04. The molecular formula is C12H19N3O4S. The highest BCUT2D eigenvalue weighted by molar-refractivity contribution is 7.92. The standard InChI is InChI=1S/C12H19N3O4S/c1-9-7-10(14-12(16)8-19-6-5-13)3-4-11(9)15-20(2,17)18/h3-4,7,15H,5-6,8,13H2,1-2H3,(H,14,16). The van der Waals surface area contributed by atoms with Crippen LogP contribution in [0.1, 0.15) is 5.56 Å². The van der Waals surface area contributed by atoms with E-state index in [2.05, 4.69) is 10.0 Å². The molecule has 0 bridgehead atoms. The molecule has 0 radical (unpaired) electrons. The minimum absolute atomic E-state index is 0.0699. The molecule has 0 saturated carbocycles. The quantitative estimate of drug-likeness (QED) is 0.627. The summed E-state index contributed by atoms with van der Waals surface area (Å²) in [5.74, 6) is -0.290. The summed E-state index contributed by atoms with van der Waals surface area (Å²) >= 11 is 0. The molecule has 1 rings (SSSR count). The van der Waals surface area contributed by atoms with Crippen molar-refractivity contribution >= 4 is 27.3 Å². The van der Waals surface area contributed by atoms with Gasteiger partial charge in [-0.3, -0.25) is 9.52 Å². The number of nitrogens with one attached hydrogen (secondary N) is 2. The first-order valence-electron chi connectivity index (χ1n) is 5.98. The van der Waals surface area contributed by atoms with E-state index in [1.54, 1.807) is 25.1 Å². The third-order valence-electron chi connectivity index (χ3n) is 2.30. The summed E-state index contributed by atoms with van der Waals surface area (Å²) in [6.45, 7) is 2.36. The zero-order valence-corrected chi connectivity index (χ0v) is 12.3. The van der Waals surface area contributed by atoms with Crippen molar-refractivity contribution in [2.24, 2.45) is 5.73 Å². The molecule has 4 N–H and O–H groups in total. The molecule has 1 aromatic carbocycles. The van der Waals surface area contributed by atoms with E-state index in [1.807, 2.05) is 0 Å². The molecule has 1 amide bonds. The van der Waals surface area contributed by atoms with Crippen LogP contribution in [0.2, 0.25) is 0 Å². The van der Waals surface area contributed by atoms with Crippen LogP contribution < -0.4 is 15.8 Å². The summed E-state index contributed by atoms with van der Waals surface area (Å²) in [6.07, 6.45) is 1.08. The van der Waals surface area contributed by atoms with Gasteiger partial charge in [0.25, 0.3) is 0 Å². The van der Waals surface area contributed by atoms with Crippen molar-refractivity contribution in [2.45, 2.75) is 6.92 Å². The van der Waals surface area contributed by atoms with Gasteiger partial charge in [-0.15, -0.1) is 0 Å². The maximum Gasteiger partial charge on any atom is 0.250 e. The number of nitrogens with two attached hydrogens (primary N) is 1. The summed E-state index contributed by atoms with van der Waals surface area (Å²) in [6, 6.07) is 4.88. The van der Waals surface area contributed by atoms with Crippen LogP contribution >= 0.6 is 0 Å². The molecule has 0 saturated heterocycles. The Kier molecular flexibility index (Phi) is 5.93. The number of ether oxygens (including phenoxy) is 1. The highest BCUT2D eigenvalue weighted by Crippen LogP contribution is 2.20. The topological polar surface area (TPSA) is 111 Å². The highest BCUT2D eigenvalue weighted by Gasteiger charge is 2.07. The number of sulfonamides is 1. The molecule has 1 aromatic rings. The first-order valence-corrected chi connectivity index (χ1v) is 7.87. The van der Waals surface area contributed by atoms with Crippen molar-refractivity contribution in [3.8, 4) is 0 Å². The predicted octanol–water partition coefficient (Wildman–Crippen LogP) is 0.280. The van der Waals surface area contributed by atoms with Gasteiger partial charge >= 0.3 is 0 Å². The molecule has 0 unspecified atom stereocenters. The second kappa shape index (κ2) is 7.22. The fourth-order valence-corrected chi connectivity index (χ4v) is 2.13. The minimum Gasteiger partial charge on any atom is -0.370 e. The molecule has 0 spiro atoms. The minimum atomic E-state index is -3.32. The van der Waals surface area contributed by atoms with Crippen LogP contribution in [0.3, 0.4) is 0 Å². The van der Waals surface area contributed by atoms with E-state index in [-0.39, 0.29) is 12.5 Å². The smallest absolute Gasteiger partial charge is 0.250 e. The van der Waals surface area contributed by atoms with Gasteiger partial charge in [-0.05, 0) is 30.7 Å². The molecule has 0 fully saturated rings. The molecule has 0 aliphatic carbocycles. The van der Waals surface area contributed by atoms with Gasteiger partial charge in [-0.2, -0.15) is 0 Å². The van der Waals surface area contributed by atoms with Crippen LogP contribution in [0.15, 0.2) is 18.2 Å². The van der Waals surface area contributed by atoms with E-state index in [0.29, 0.717) is 30.1 Å². The van der Waals surface area contributed by atoms with Crippen LogP contribution in [-0.2, 0) is 19.6 Å². The van der Waals surface area contributed by atoms with Crippen LogP contribution in [-0.4, -0.2) is 40.3 Å². The Balaban J connectivity index is 2.65. The zero-order chi connectivity index (χ0) is 15.2. The lowest BCUT2D eigenvalue weighted by atomic mass is 10.2. The van der Waals surface area contributed by atoms with Gasteiger partial charge in [0.05, 0.1) is 18.6 Å². The van der Waals surface area contributed by atoms with Crippen LogP contribution in [0.25, 0.3) is 0 Å². The third-order valence-corrected chi connectivity index (χ3v) is 2.89. The Morgan fingerprint density at radius 1 is 1.40 bits per heavy atom. The number of rotatable bonds is 7. The number of amides is 1. The Hall–Kier alpha value is -1.64. The number of hydrogen-bond donors (Lipinski definition) is 3. The van der Waals surface area contributed by atoms with Crippen molar-refractivity contribution in [2.75, 3.05) is 36.1 Å². The lowest BCUT2D eigenvalue weighted by Crippen LogP contribution is -2.20. The van der Waals surface area contributed by atoms with Crippen LogP contribution in [0.5, 0.6) is 0 Å². The van der Waals surface area contributed by atoms with Crippen molar-refractivity contribution in [1.82, 2.24) is 0 Å². The summed E-state index contributed by atoms with van der Waals surface area (Å²) in [5.41, 5.74) is 7.00. The molecule has 8 heteroatoms. The monoisotopic (exact) mass is 301 g/mol. The lowest BCUT2D eigenvalue weighted by Gasteiger charge is -2.10. The van der Waals surface area contributed by atoms with E-state index in [1.165, 1.54) is 0 Å². The van der Waals surface area contributed by atoms with Gasteiger partial charge in [-0.1, -0.05) is 0 Å². The van der Waals surface area contributed by atoms with Gasteiger partial charge in [-0.25, -0.2) is 8.42 Å². The van der Waals surface area contributed by atoms with E-state index >= 15 is 0 Å².